The number of hydrogen-bond acceptors (Lipinski definition) is 5. The van der Waals surface area contributed by atoms with Gasteiger partial charge in [0.05, 0.1) is 13.2 Å². The van der Waals surface area contributed by atoms with Crippen LogP contribution >= 0.6 is 0 Å². The number of nitrogens with zero attached hydrogens (tertiary/aromatic N) is 3. The van der Waals surface area contributed by atoms with Crippen molar-refractivity contribution in [2.75, 3.05) is 13.1 Å². The number of likely N-dealkylation sites (tertiary alicyclic amines) is 1. The van der Waals surface area contributed by atoms with Crippen LogP contribution in [0.1, 0.15) is 25.3 Å². The molecule has 1 atom stereocenters. The van der Waals surface area contributed by atoms with Crippen LogP contribution in [0.15, 0.2) is 30.6 Å². The van der Waals surface area contributed by atoms with E-state index in [1.807, 2.05) is 6.92 Å². The highest BCUT2D eigenvalue weighted by Crippen LogP contribution is 2.25. The molecular weight excluding hydrogens is 325 g/mol. The lowest BCUT2D eigenvalue weighted by molar-refractivity contribution is -0.130. The highest BCUT2D eigenvalue weighted by molar-refractivity contribution is 5.76. The van der Waals surface area contributed by atoms with Gasteiger partial charge in [0.25, 0.3) is 0 Å². The minimum absolute atomic E-state index is 0.113. The number of aromatic nitrogens is 2. The smallest absolute Gasteiger partial charge is 0.316 e. The van der Waals surface area contributed by atoms with E-state index >= 15 is 0 Å². The van der Waals surface area contributed by atoms with Crippen LogP contribution in [-0.4, -0.2) is 45.1 Å². The molecule has 2 heterocycles. The van der Waals surface area contributed by atoms with Crippen LogP contribution in [0.25, 0.3) is 11.1 Å². The summed E-state index contributed by atoms with van der Waals surface area (Å²) in [6, 6.07) is 5.02. The quantitative estimate of drug-likeness (QED) is 0.899. The molecule has 3 rings (SSSR count). The highest BCUT2D eigenvalue weighted by atomic mass is 19.1. The topological polar surface area (TPSA) is 75.6 Å². The second-order valence-electron chi connectivity index (χ2n) is 5.91. The average Bonchev–Trinajstić information content (AvgIpc) is 3.10. The van der Waals surface area contributed by atoms with E-state index in [1.165, 1.54) is 18.5 Å². The lowest BCUT2D eigenvalue weighted by atomic mass is 10.1. The van der Waals surface area contributed by atoms with E-state index in [4.69, 9.17) is 9.84 Å². The van der Waals surface area contributed by atoms with Gasteiger partial charge in [-0.05, 0) is 0 Å². The van der Waals surface area contributed by atoms with Crippen molar-refractivity contribution in [2.45, 2.75) is 32.5 Å². The minimum Gasteiger partial charge on any atom is -0.458 e. The Morgan fingerprint density at radius 2 is 2.16 bits per heavy atom. The zero-order valence-corrected chi connectivity index (χ0v) is 14.0. The summed E-state index contributed by atoms with van der Waals surface area (Å²) in [4.78, 5) is 21.7. The maximum absolute atomic E-state index is 14.3. The Labute approximate surface area is 145 Å². The summed E-state index contributed by atoms with van der Waals surface area (Å²) >= 11 is 0. The molecule has 0 spiro atoms. The van der Waals surface area contributed by atoms with Crippen LogP contribution < -0.4 is 4.74 Å². The maximum Gasteiger partial charge on any atom is 0.316 e. The van der Waals surface area contributed by atoms with Crippen molar-refractivity contribution >= 4 is 5.91 Å². The van der Waals surface area contributed by atoms with Crippen molar-refractivity contribution in [2.24, 2.45) is 0 Å². The monoisotopic (exact) mass is 345 g/mol. The molecule has 7 heteroatoms. The number of amides is 1. The van der Waals surface area contributed by atoms with Crippen molar-refractivity contribution in [1.29, 1.82) is 0 Å². The summed E-state index contributed by atoms with van der Waals surface area (Å²) in [6.45, 7) is 2.68. The summed E-state index contributed by atoms with van der Waals surface area (Å²) in [5, 5.41) is 9.15. The summed E-state index contributed by atoms with van der Waals surface area (Å²) in [5.41, 5.74) is 1.07. The molecule has 132 valence electrons. The molecule has 1 aromatic heterocycles. The number of aliphatic hydroxyl groups is 1. The fraction of sp³-hybridized carbons (Fsp3) is 0.389. The number of halogens is 1. The van der Waals surface area contributed by atoms with Gasteiger partial charge in [-0.15, -0.1) is 0 Å². The third-order valence-corrected chi connectivity index (χ3v) is 4.26. The second kappa shape index (κ2) is 7.57. The molecule has 0 radical (unpaired) electrons. The molecule has 1 aliphatic rings. The summed E-state index contributed by atoms with van der Waals surface area (Å²) in [6.07, 6.45) is 4.08. The fourth-order valence-electron chi connectivity index (χ4n) is 2.86. The number of aliphatic hydroxyl groups excluding tert-OH is 1. The molecule has 6 nitrogen and oxygen atoms in total. The standard InChI is InChI=1S/C18H20FN3O3/c1-2-16(24)22-7-6-14(10-22)25-18-20-8-13(9-21-18)15-5-3-4-12(11-23)17(15)19/h3-5,8-9,14,23H,2,6-7,10-11H2,1H3. The molecule has 1 saturated heterocycles. The normalized spacial score (nSPS) is 16.9. The Hall–Kier alpha value is -2.54. The van der Waals surface area contributed by atoms with Crippen LogP contribution in [0.5, 0.6) is 6.01 Å². The third kappa shape index (κ3) is 3.76. The van der Waals surface area contributed by atoms with E-state index in [-0.39, 0.29) is 30.2 Å². The lowest BCUT2D eigenvalue weighted by Crippen LogP contribution is -2.30. The van der Waals surface area contributed by atoms with Crippen molar-refractivity contribution < 1.29 is 19.0 Å². The first-order chi connectivity index (χ1) is 12.1. The van der Waals surface area contributed by atoms with Crippen LogP contribution in [0.3, 0.4) is 0 Å². The van der Waals surface area contributed by atoms with Crippen LogP contribution in [0, 0.1) is 5.82 Å². The summed E-state index contributed by atoms with van der Waals surface area (Å²) in [7, 11) is 0. The molecule has 0 saturated carbocycles. The predicted octanol–water partition coefficient (Wildman–Crippen LogP) is 2.16. The van der Waals surface area contributed by atoms with E-state index in [9.17, 15) is 9.18 Å². The average molecular weight is 345 g/mol. The van der Waals surface area contributed by atoms with Gasteiger partial charge in [-0.25, -0.2) is 14.4 Å². The Morgan fingerprint density at radius 1 is 1.40 bits per heavy atom. The highest BCUT2D eigenvalue weighted by Gasteiger charge is 2.27. The lowest BCUT2D eigenvalue weighted by Gasteiger charge is -2.15. The van der Waals surface area contributed by atoms with E-state index < -0.39 is 5.82 Å². The van der Waals surface area contributed by atoms with Gasteiger partial charge < -0.3 is 14.7 Å². The number of carbonyl (C=O) groups is 1. The molecule has 0 bridgehead atoms. The van der Waals surface area contributed by atoms with Crippen molar-refractivity contribution in [1.82, 2.24) is 14.9 Å². The molecule has 1 aliphatic heterocycles. The molecule has 2 aromatic rings. The Balaban J connectivity index is 1.68. The van der Waals surface area contributed by atoms with Gasteiger partial charge in [-0.3, -0.25) is 4.79 Å². The summed E-state index contributed by atoms with van der Waals surface area (Å²) in [5.74, 6) is -0.367. The number of carbonyl (C=O) groups excluding carboxylic acids is 1. The Kier molecular flexibility index (Phi) is 5.23. The van der Waals surface area contributed by atoms with Gasteiger partial charge in [0, 0.05) is 48.5 Å². The van der Waals surface area contributed by atoms with E-state index in [2.05, 4.69) is 9.97 Å². The second-order valence-corrected chi connectivity index (χ2v) is 5.91. The maximum atomic E-state index is 14.3. The first kappa shape index (κ1) is 17.3. The SMILES string of the molecule is CCC(=O)N1CCC(Oc2ncc(-c3cccc(CO)c3F)cn2)C1. The number of rotatable bonds is 5. The number of hydrogen-bond donors (Lipinski definition) is 1. The Morgan fingerprint density at radius 3 is 2.84 bits per heavy atom. The largest absolute Gasteiger partial charge is 0.458 e. The van der Waals surface area contributed by atoms with Gasteiger partial charge in [0.1, 0.15) is 11.9 Å². The molecule has 1 amide bonds. The van der Waals surface area contributed by atoms with E-state index in [0.29, 0.717) is 30.6 Å². The van der Waals surface area contributed by atoms with Crippen molar-refractivity contribution in [3.05, 3.63) is 42.0 Å². The van der Waals surface area contributed by atoms with Gasteiger partial charge in [0.15, 0.2) is 0 Å². The van der Waals surface area contributed by atoms with Crippen LogP contribution in [-0.2, 0) is 11.4 Å². The number of ether oxygens (including phenoxy) is 1. The molecule has 1 fully saturated rings. The first-order valence-corrected chi connectivity index (χ1v) is 8.27. The van der Waals surface area contributed by atoms with E-state index in [0.717, 1.165) is 6.42 Å². The summed E-state index contributed by atoms with van der Waals surface area (Å²) < 4.78 is 20.0. The zero-order valence-electron chi connectivity index (χ0n) is 14.0. The predicted molar refractivity (Wildman–Crippen MR) is 89.3 cm³/mol. The molecule has 1 N–H and O–H groups in total. The minimum atomic E-state index is -0.480. The van der Waals surface area contributed by atoms with Crippen molar-refractivity contribution in [3.8, 4) is 17.1 Å². The van der Waals surface area contributed by atoms with Crippen LogP contribution in [0.2, 0.25) is 0 Å². The third-order valence-electron chi connectivity index (χ3n) is 4.26. The Bertz CT molecular complexity index is 752. The number of benzene rings is 1. The van der Waals surface area contributed by atoms with Gasteiger partial charge >= 0.3 is 6.01 Å². The molecule has 1 aromatic carbocycles. The van der Waals surface area contributed by atoms with E-state index in [1.54, 1.807) is 17.0 Å². The van der Waals surface area contributed by atoms with Gasteiger partial charge in [0.2, 0.25) is 5.91 Å². The fourth-order valence-corrected chi connectivity index (χ4v) is 2.86. The molecular formula is C18H20FN3O3. The molecule has 1 unspecified atom stereocenters. The van der Waals surface area contributed by atoms with Crippen LogP contribution in [0.4, 0.5) is 4.39 Å². The molecule has 25 heavy (non-hydrogen) atoms. The zero-order chi connectivity index (χ0) is 17.8. The molecule has 0 aliphatic carbocycles. The van der Waals surface area contributed by atoms with Crippen molar-refractivity contribution in [3.63, 3.8) is 0 Å². The first-order valence-electron chi connectivity index (χ1n) is 8.27. The van der Waals surface area contributed by atoms with Gasteiger partial charge in [-0.1, -0.05) is 25.1 Å². The van der Waals surface area contributed by atoms with Gasteiger partial charge in [-0.2, -0.15) is 0 Å².